The number of aliphatic imine (C=N–C) groups is 1. The predicted octanol–water partition coefficient (Wildman–Crippen LogP) is 4.86. The molecule has 0 radical (unpaired) electrons. The van der Waals surface area contributed by atoms with Gasteiger partial charge in [0.05, 0.1) is 4.92 Å². The van der Waals surface area contributed by atoms with Gasteiger partial charge in [0.15, 0.2) is 0 Å². The van der Waals surface area contributed by atoms with Gasteiger partial charge < -0.3 is 5.11 Å². The third-order valence-corrected chi connectivity index (χ3v) is 4.70. The molecule has 1 fully saturated rings. The Morgan fingerprint density at radius 3 is 2.70 bits per heavy atom. The molecule has 5 heteroatoms. The molecule has 0 atom stereocenters. The largest absolute Gasteiger partial charge is 0.502 e. The molecule has 126 valence electrons. The SMILES string of the molecule is CCCCCC1CCC(N=Cc2cccc([N+](=O)[O-])c2O)CC1. The number of hydrogen-bond acceptors (Lipinski definition) is 4. The van der Waals surface area contributed by atoms with Crippen molar-refractivity contribution in [3.63, 3.8) is 0 Å². The lowest BCUT2D eigenvalue weighted by atomic mass is 9.83. The Labute approximate surface area is 137 Å². The molecule has 1 aliphatic rings. The van der Waals surface area contributed by atoms with Crippen molar-refractivity contribution >= 4 is 11.9 Å². The number of phenols is 1. The first-order valence-corrected chi connectivity index (χ1v) is 8.61. The van der Waals surface area contributed by atoms with Crippen LogP contribution in [0.4, 0.5) is 5.69 Å². The number of nitro groups is 1. The number of benzene rings is 1. The average molecular weight is 318 g/mol. The number of phenolic OH excluding ortho intramolecular Hbond substituents is 1. The smallest absolute Gasteiger partial charge is 0.311 e. The predicted molar refractivity (Wildman–Crippen MR) is 92.2 cm³/mol. The Morgan fingerprint density at radius 1 is 1.30 bits per heavy atom. The second-order valence-electron chi connectivity index (χ2n) is 6.42. The van der Waals surface area contributed by atoms with E-state index in [2.05, 4.69) is 11.9 Å². The summed E-state index contributed by atoms with van der Waals surface area (Å²) in [6.07, 6.45) is 11.4. The molecule has 0 heterocycles. The van der Waals surface area contributed by atoms with Gasteiger partial charge in [-0.3, -0.25) is 15.1 Å². The van der Waals surface area contributed by atoms with Crippen molar-refractivity contribution in [1.82, 2.24) is 0 Å². The molecular weight excluding hydrogens is 292 g/mol. The van der Waals surface area contributed by atoms with E-state index in [0.717, 1.165) is 18.8 Å². The van der Waals surface area contributed by atoms with Crippen LogP contribution in [0.15, 0.2) is 23.2 Å². The molecular formula is C18H26N2O3. The fraction of sp³-hybridized carbons (Fsp3) is 0.611. The van der Waals surface area contributed by atoms with Crippen LogP contribution in [0.5, 0.6) is 5.75 Å². The van der Waals surface area contributed by atoms with Crippen molar-refractivity contribution in [2.24, 2.45) is 10.9 Å². The van der Waals surface area contributed by atoms with Crippen LogP contribution in [0.2, 0.25) is 0 Å². The number of rotatable bonds is 7. The first kappa shape index (κ1) is 17.4. The van der Waals surface area contributed by atoms with E-state index in [1.807, 2.05) is 0 Å². The zero-order valence-corrected chi connectivity index (χ0v) is 13.8. The zero-order valence-electron chi connectivity index (χ0n) is 13.8. The summed E-state index contributed by atoms with van der Waals surface area (Å²) in [5.41, 5.74) is 0.151. The standard InChI is InChI=1S/C18H26N2O3/c1-2-3-4-6-14-9-11-16(12-10-14)19-13-15-7-5-8-17(18(15)21)20(22)23/h5,7-8,13-14,16,21H,2-4,6,9-12H2,1H3. The van der Waals surface area contributed by atoms with Gasteiger partial charge in [0.1, 0.15) is 0 Å². The van der Waals surface area contributed by atoms with Crippen molar-refractivity contribution in [2.75, 3.05) is 0 Å². The number of nitrogens with zero attached hydrogens (tertiary/aromatic N) is 2. The Balaban J connectivity index is 1.88. The lowest BCUT2D eigenvalue weighted by Gasteiger charge is -2.26. The normalized spacial score (nSPS) is 21.6. The number of unbranched alkanes of at least 4 members (excludes halogenated alkanes) is 2. The number of hydrogen-bond donors (Lipinski definition) is 1. The molecule has 1 aromatic carbocycles. The van der Waals surface area contributed by atoms with E-state index >= 15 is 0 Å². The van der Waals surface area contributed by atoms with Crippen molar-refractivity contribution in [3.8, 4) is 5.75 Å². The van der Waals surface area contributed by atoms with Crippen molar-refractivity contribution in [1.29, 1.82) is 0 Å². The monoisotopic (exact) mass is 318 g/mol. The van der Waals surface area contributed by atoms with Crippen LogP contribution in [-0.4, -0.2) is 22.3 Å². The van der Waals surface area contributed by atoms with E-state index in [9.17, 15) is 15.2 Å². The minimum Gasteiger partial charge on any atom is -0.502 e. The molecule has 0 aromatic heterocycles. The first-order valence-electron chi connectivity index (χ1n) is 8.61. The summed E-state index contributed by atoms with van der Waals surface area (Å²) in [5.74, 6) is 0.536. The highest BCUT2D eigenvalue weighted by Crippen LogP contribution is 2.31. The highest BCUT2D eigenvalue weighted by Gasteiger charge is 2.20. The van der Waals surface area contributed by atoms with E-state index in [1.54, 1.807) is 18.3 Å². The minimum absolute atomic E-state index is 0.270. The first-order chi connectivity index (χ1) is 11.1. The summed E-state index contributed by atoms with van der Waals surface area (Å²) in [6.45, 7) is 2.23. The Bertz CT molecular complexity index is 549. The van der Waals surface area contributed by atoms with E-state index < -0.39 is 4.92 Å². The van der Waals surface area contributed by atoms with E-state index in [1.165, 1.54) is 44.6 Å². The topological polar surface area (TPSA) is 75.7 Å². The van der Waals surface area contributed by atoms with Crippen LogP contribution in [0.25, 0.3) is 0 Å². The summed E-state index contributed by atoms with van der Waals surface area (Å²) in [7, 11) is 0. The Hall–Kier alpha value is -1.91. The minimum atomic E-state index is -0.575. The van der Waals surface area contributed by atoms with Crippen molar-refractivity contribution in [3.05, 3.63) is 33.9 Å². The molecule has 0 aliphatic heterocycles. The lowest BCUT2D eigenvalue weighted by Crippen LogP contribution is -2.17. The second-order valence-corrected chi connectivity index (χ2v) is 6.42. The molecule has 1 saturated carbocycles. The summed E-state index contributed by atoms with van der Waals surface area (Å²) >= 11 is 0. The van der Waals surface area contributed by atoms with Gasteiger partial charge in [0.25, 0.3) is 0 Å². The van der Waals surface area contributed by atoms with Crippen LogP contribution >= 0.6 is 0 Å². The number of para-hydroxylation sites is 1. The van der Waals surface area contributed by atoms with Crippen molar-refractivity contribution < 1.29 is 10.0 Å². The average Bonchev–Trinajstić information content (AvgIpc) is 2.55. The van der Waals surface area contributed by atoms with E-state index in [-0.39, 0.29) is 17.5 Å². The third kappa shape index (κ3) is 5.05. The van der Waals surface area contributed by atoms with Crippen LogP contribution in [0.3, 0.4) is 0 Å². The Morgan fingerprint density at radius 2 is 2.04 bits per heavy atom. The van der Waals surface area contributed by atoms with Gasteiger partial charge in [-0.15, -0.1) is 0 Å². The van der Waals surface area contributed by atoms with Crippen LogP contribution < -0.4 is 0 Å². The quantitative estimate of drug-likeness (QED) is 0.337. The number of aromatic hydroxyl groups is 1. The van der Waals surface area contributed by atoms with Gasteiger partial charge in [-0.05, 0) is 37.7 Å². The van der Waals surface area contributed by atoms with Gasteiger partial charge in [0, 0.05) is 23.9 Å². The number of nitro benzene ring substituents is 1. The zero-order chi connectivity index (χ0) is 16.7. The second kappa shape index (κ2) is 8.65. The third-order valence-electron chi connectivity index (χ3n) is 4.70. The maximum atomic E-state index is 10.8. The molecule has 1 aliphatic carbocycles. The molecule has 0 unspecified atom stereocenters. The molecule has 23 heavy (non-hydrogen) atoms. The lowest BCUT2D eigenvalue weighted by molar-refractivity contribution is -0.385. The molecule has 5 nitrogen and oxygen atoms in total. The van der Waals surface area contributed by atoms with E-state index in [0.29, 0.717) is 5.56 Å². The van der Waals surface area contributed by atoms with Gasteiger partial charge in [-0.25, -0.2) is 0 Å². The highest BCUT2D eigenvalue weighted by atomic mass is 16.6. The van der Waals surface area contributed by atoms with E-state index in [4.69, 9.17) is 0 Å². The Kier molecular flexibility index (Phi) is 6.56. The molecule has 1 N–H and O–H groups in total. The summed E-state index contributed by atoms with van der Waals surface area (Å²) in [4.78, 5) is 14.8. The molecule has 0 saturated heterocycles. The summed E-state index contributed by atoms with van der Waals surface area (Å²) in [6, 6.07) is 4.80. The maximum absolute atomic E-state index is 10.8. The highest BCUT2D eigenvalue weighted by molar-refractivity contribution is 5.85. The van der Waals surface area contributed by atoms with Crippen molar-refractivity contribution in [2.45, 2.75) is 64.3 Å². The molecule has 1 aromatic rings. The maximum Gasteiger partial charge on any atom is 0.311 e. The molecule has 0 amide bonds. The summed E-state index contributed by atoms with van der Waals surface area (Å²) < 4.78 is 0. The molecule has 0 spiro atoms. The van der Waals surface area contributed by atoms with Gasteiger partial charge in [-0.1, -0.05) is 38.7 Å². The fourth-order valence-corrected chi connectivity index (χ4v) is 3.25. The van der Waals surface area contributed by atoms with Gasteiger partial charge in [0.2, 0.25) is 5.75 Å². The van der Waals surface area contributed by atoms with Gasteiger partial charge in [-0.2, -0.15) is 0 Å². The summed E-state index contributed by atoms with van der Waals surface area (Å²) in [5, 5.41) is 20.7. The van der Waals surface area contributed by atoms with Gasteiger partial charge >= 0.3 is 5.69 Å². The van der Waals surface area contributed by atoms with Crippen LogP contribution in [0, 0.1) is 16.0 Å². The van der Waals surface area contributed by atoms with Crippen LogP contribution in [0.1, 0.15) is 63.9 Å². The molecule has 0 bridgehead atoms. The molecule has 2 rings (SSSR count). The van der Waals surface area contributed by atoms with Crippen LogP contribution in [-0.2, 0) is 0 Å². The fourth-order valence-electron chi connectivity index (χ4n) is 3.25.